The average molecular weight is 541 g/mol. The molecule has 0 unspecified atom stereocenters. The number of thiazole rings is 1. The molecule has 0 N–H and O–H groups in total. The molecule has 0 aliphatic carbocycles. The molecular formula is C26H25ClN4O3S2. The Bertz CT molecular complexity index is 1500. The van der Waals surface area contributed by atoms with Gasteiger partial charge in [0.25, 0.3) is 5.91 Å². The maximum absolute atomic E-state index is 13.7. The molecule has 3 heterocycles. The number of amides is 1. The molecule has 4 aromatic rings. The van der Waals surface area contributed by atoms with Gasteiger partial charge in [0.05, 0.1) is 21.7 Å². The highest BCUT2D eigenvalue weighted by Gasteiger charge is 2.27. The van der Waals surface area contributed by atoms with Gasteiger partial charge in [-0.1, -0.05) is 29.4 Å². The molecule has 0 bridgehead atoms. The van der Waals surface area contributed by atoms with Gasteiger partial charge in [0.1, 0.15) is 0 Å². The van der Waals surface area contributed by atoms with E-state index in [0.717, 1.165) is 40.6 Å². The molecule has 1 saturated heterocycles. The summed E-state index contributed by atoms with van der Waals surface area (Å²) in [4.78, 5) is 24.4. The lowest BCUT2D eigenvalue weighted by Crippen LogP contribution is -2.35. The summed E-state index contributed by atoms with van der Waals surface area (Å²) in [5.41, 5.74) is 3.02. The van der Waals surface area contributed by atoms with Crippen molar-refractivity contribution in [2.45, 2.75) is 37.6 Å². The summed E-state index contributed by atoms with van der Waals surface area (Å²) < 4.78 is 28.5. The van der Waals surface area contributed by atoms with E-state index < -0.39 is 10.0 Å². The Morgan fingerprint density at radius 1 is 1.06 bits per heavy atom. The van der Waals surface area contributed by atoms with Gasteiger partial charge >= 0.3 is 0 Å². The maximum Gasteiger partial charge on any atom is 0.260 e. The zero-order chi connectivity index (χ0) is 25.3. The number of piperidine rings is 1. The van der Waals surface area contributed by atoms with Crippen LogP contribution in [0.4, 0.5) is 5.13 Å². The molecule has 1 aliphatic heterocycles. The minimum absolute atomic E-state index is 0.201. The second kappa shape index (κ2) is 10.3. The first-order valence-electron chi connectivity index (χ1n) is 11.7. The second-order valence-electron chi connectivity index (χ2n) is 8.80. The Labute approximate surface area is 219 Å². The van der Waals surface area contributed by atoms with Crippen LogP contribution < -0.4 is 4.90 Å². The monoisotopic (exact) mass is 540 g/mol. The topological polar surface area (TPSA) is 83.5 Å². The highest BCUT2D eigenvalue weighted by molar-refractivity contribution is 7.89. The van der Waals surface area contributed by atoms with Gasteiger partial charge in [0.2, 0.25) is 10.0 Å². The number of nitrogens with zero attached hydrogens (tertiary/aromatic N) is 4. The Kier molecular flexibility index (Phi) is 7.07. The summed E-state index contributed by atoms with van der Waals surface area (Å²) in [6.45, 7) is 3.30. The van der Waals surface area contributed by atoms with Gasteiger partial charge in [-0.3, -0.25) is 14.7 Å². The molecule has 1 aliphatic rings. The van der Waals surface area contributed by atoms with Crippen molar-refractivity contribution in [3.63, 3.8) is 0 Å². The van der Waals surface area contributed by atoms with Crippen LogP contribution in [0.1, 0.15) is 40.7 Å². The highest BCUT2D eigenvalue weighted by atomic mass is 35.5. The van der Waals surface area contributed by atoms with Crippen molar-refractivity contribution >= 4 is 54.2 Å². The van der Waals surface area contributed by atoms with E-state index in [9.17, 15) is 13.2 Å². The average Bonchev–Trinajstić information content (AvgIpc) is 3.32. The van der Waals surface area contributed by atoms with Crippen LogP contribution in [0.5, 0.6) is 0 Å². The lowest BCUT2D eigenvalue weighted by Gasteiger charge is -2.26. The highest BCUT2D eigenvalue weighted by Crippen LogP contribution is 2.34. The van der Waals surface area contributed by atoms with Crippen LogP contribution >= 0.6 is 22.9 Å². The molecular weight excluding hydrogens is 516 g/mol. The van der Waals surface area contributed by atoms with Gasteiger partial charge < -0.3 is 0 Å². The number of aryl methyl sites for hydroxylation is 1. The zero-order valence-electron chi connectivity index (χ0n) is 19.7. The number of anilines is 1. The predicted molar refractivity (Wildman–Crippen MR) is 143 cm³/mol. The van der Waals surface area contributed by atoms with Gasteiger partial charge in [-0.05, 0) is 79.4 Å². The fourth-order valence-corrected chi connectivity index (χ4v) is 7.27. The first-order valence-corrected chi connectivity index (χ1v) is 14.3. The number of hydrogen-bond acceptors (Lipinski definition) is 6. The molecule has 7 nitrogen and oxygen atoms in total. The van der Waals surface area contributed by atoms with Crippen molar-refractivity contribution in [2.24, 2.45) is 0 Å². The number of aromatic nitrogens is 2. The first kappa shape index (κ1) is 24.8. The van der Waals surface area contributed by atoms with E-state index in [1.54, 1.807) is 29.4 Å². The Hall–Kier alpha value is -2.85. The minimum atomic E-state index is -3.57. The van der Waals surface area contributed by atoms with Crippen molar-refractivity contribution in [3.05, 3.63) is 82.6 Å². The molecule has 0 spiro atoms. The third-order valence-corrected chi connectivity index (χ3v) is 9.42. The number of halogens is 1. The van der Waals surface area contributed by atoms with Crippen molar-refractivity contribution in [1.82, 2.24) is 14.3 Å². The third-order valence-electron chi connectivity index (χ3n) is 6.26. The van der Waals surface area contributed by atoms with Crippen molar-refractivity contribution in [3.8, 4) is 0 Å². The van der Waals surface area contributed by atoms with Gasteiger partial charge in [-0.25, -0.2) is 13.4 Å². The van der Waals surface area contributed by atoms with Crippen LogP contribution in [0.15, 0.2) is 65.8 Å². The maximum atomic E-state index is 13.7. The van der Waals surface area contributed by atoms with Gasteiger partial charge in [0.15, 0.2) is 5.13 Å². The first-order chi connectivity index (χ1) is 17.3. The number of fused-ring (bicyclic) bond motifs is 1. The molecule has 36 heavy (non-hydrogen) atoms. The number of carbonyl (C=O) groups excluding carboxylic acids is 1. The molecule has 0 atom stereocenters. The van der Waals surface area contributed by atoms with Crippen LogP contribution in [0.3, 0.4) is 0 Å². The standard InChI is InChI=1S/C26H25ClN4O3S2/c1-18-15-21(27)16-23-24(18)29-26(35-23)31(17-19-9-11-28-12-10-19)25(32)20-5-7-22(8-6-20)36(33,34)30-13-3-2-4-14-30/h5-12,15-16H,2-4,13-14,17H2,1H3. The molecule has 2 aromatic heterocycles. The van der Waals surface area contributed by atoms with Crippen LogP contribution in [-0.2, 0) is 16.6 Å². The van der Waals surface area contributed by atoms with E-state index in [-0.39, 0.29) is 10.8 Å². The van der Waals surface area contributed by atoms with Gasteiger partial charge in [-0.2, -0.15) is 4.31 Å². The van der Waals surface area contributed by atoms with E-state index in [4.69, 9.17) is 16.6 Å². The third kappa shape index (κ3) is 5.01. The second-order valence-corrected chi connectivity index (χ2v) is 12.2. The molecule has 0 saturated carbocycles. The van der Waals surface area contributed by atoms with E-state index in [1.807, 2.05) is 31.2 Å². The normalized spacial score (nSPS) is 14.7. The predicted octanol–water partition coefficient (Wildman–Crippen LogP) is 5.67. The molecule has 1 fully saturated rings. The number of sulfonamides is 1. The number of hydrogen-bond donors (Lipinski definition) is 0. The van der Waals surface area contributed by atoms with Gasteiger partial charge in [-0.15, -0.1) is 0 Å². The lowest BCUT2D eigenvalue weighted by atomic mass is 10.2. The summed E-state index contributed by atoms with van der Waals surface area (Å²) in [5.74, 6) is -0.267. The number of rotatable bonds is 6. The van der Waals surface area contributed by atoms with E-state index in [0.29, 0.717) is 35.4 Å². The van der Waals surface area contributed by atoms with Crippen molar-refractivity contribution in [1.29, 1.82) is 0 Å². The molecule has 2 aromatic carbocycles. The Morgan fingerprint density at radius 3 is 2.44 bits per heavy atom. The fraction of sp³-hybridized carbons (Fsp3) is 0.269. The van der Waals surface area contributed by atoms with Crippen LogP contribution in [0.25, 0.3) is 10.2 Å². The minimum Gasteiger partial charge on any atom is -0.279 e. The summed E-state index contributed by atoms with van der Waals surface area (Å²) in [7, 11) is -3.57. The van der Waals surface area contributed by atoms with E-state index in [1.165, 1.54) is 27.8 Å². The zero-order valence-corrected chi connectivity index (χ0v) is 22.1. The van der Waals surface area contributed by atoms with Crippen molar-refractivity contribution in [2.75, 3.05) is 18.0 Å². The summed E-state index contributed by atoms with van der Waals surface area (Å²) in [5, 5.41) is 1.16. The van der Waals surface area contributed by atoms with E-state index in [2.05, 4.69) is 4.98 Å². The molecule has 186 valence electrons. The summed E-state index contributed by atoms with van der Waals surface area (Å²) >= 11 is 7.64. The smallest absolute Gasteiger partial charge is 0.260 e. The quantitative estimate of drug-likeness (QED) is 0.314. The largest absolute Gasteiger partial charge is 0.279 e. The molecule has 5 rings (SSSR count). The van der Waals surface area contributed by atoms with Crippen LogP contribution in [-0.4, -0.2) is 41.7 Å². The van der Waals surface area contributed by atoms with Gasteiger partial charge in [0, 0.05) is 36.1 Å². The lowest BCUT2D eigenvalue weighted by molar-refractivity contribution is 0.0985. The van der Waals surface area contributed by atoms with E-state index >= 15 is 0 Å². The number of carbonyl (C=O) groups is 1. The van der Waals surface area contributed by atoms with Crippen LogP contribution in [0, 0.1) is 6.92 Å². The van der Waals surface area contributed by atoms with Crippen LogP contribution in [0.2, 0.25) is 5.02 Å². The Balaban J connectivity index is 1.49. The Morgan fingerprint density at radius 2 is 1.75 bits per heavy atom. The summed E-state index contributed by atoms with van der Waals surface area (Å²) in [6.07, 6.45) is 6.14. The molecule has 1 amide bonds. The number of pyridine rings is 1. The molecule has 10 heteroatoms. The fourth-order valence-electron chi connectivity index (χ4n) is 4.33. The summed E-state index contributed by atoms with van der Waals surface area (Å²) in [6, 6.07) is 13.6. The van der Waals surface area contributed by atoms with Crippen molar-refractivity contribution < 1.29 is 13.2 Å². The SMILES string of the molecule is Cc1cc(Cl)cc2sc(N(Cc3ccncc3)C(=O)c3ccc(S(=O)(=O)N4CCCCC4)cc3)nc12. The number of benzene rings is 2. The molecule has 0 radical (unpaired) electrons.